The number of nitrogens with two attached hydrogens (primary N) is 1. The standard InChI is InChI=1S/C99H142N12O23/c1-65-23-14-11-15-24-66(2)84(122-8)59-78-33-30-71(7)99(121,134-78)94(118)97(119)109-39-21-19-28-83(109)98(120)133-85(60-80(107-132-62-72-25-16-12-17-26-72)67(3)54-70(6)92(117)93(124-10)91(116)69(5)53-65)68(4)55-73-31-35-82(86(56-73)123-9)111-61-75(105-108-111)63-131-88(115)29-22-41-125-45-49-129-51-47-127-43-37-87(114)101-38-44-128-48-52-130-50-46-126-42-36-76(112)27-18-13-20-40-110-96-89(95(100)102-64-103-96)90(106-110)81-58-74-57-77(113)32-34-79(74)104-81/h11-12,14-17,23-26,32,34,54,57-58,61,64-65,67-69,71,73,78,82-86,92-93,104,113,117,121H,13,18-22,27-31,33,35-53,55-56,59-60,62-63H2,1-10H3,(H,101,114)(H2,100,102,103)/b15-11+,23-14+,66-24+,70-54+,107-80-/t65-,67-,68-,69-,71-,73+,78+,82+,83+,84+,85+,86-,92-,93+,99-/m1/s1. The second-order valence-corrected chi connectivity index (χ2v) is 35.8. The number of rotatable bonds is 44. The van der Waals surface area contributed by atoms with Crippen LogP contribution in [0.3, 0.4) is 0 Å². The lowest BCUT2D eigenvalue weighted by atomic mass is 9.77. The normalized spacial score (nSPS) is 25.9. The number of ketones is 3. The van der Waals surface area contributed by atoms with E-state index in [0.29, 0.717) is 196 Å². The number of amides is 2. The summed E-state index contributed by atoms with van der Waals surface area (Å²) < 4.78 is 73.8. The van der Waals surface area contributed by atoms with Crippen LogP contribution in [0.25, 0.3) is 33.3 Å². The fourth-order valence-electron chi connectivity index (χ4n) is 17.7. The Morgan fingerprint density at radius 3 is 2.22 bits per heavy atom. The van der Waals surface area contributed by atoms with Crippen molar-refractivity contribution in [3.8, 4) is 17.1 Å². The molecule has 3 aliphatic heterocycles. The molecule has 10 rings (SSSR count). The molecule has 0 spiro atoms. The number of oxime groups is 1. The molecule has 134 heavy (non-hydrogen) atoms. The van der Waals surface area contributed by atoms with Gasteiger partial charge in [-0.1, -0.05) is 118 Å². The van der Waals surface area contributed by atoms with E-state index >= 15 is 4.79 Å². The number of methoxy groups -OCH3 is 3. The molecule has 2 bridgehead atoms. The number of nitrogens with one attached hydrogen (secondary N) is 2. The number of phenols is 1. The molecule has 15 atom stereocenters. The second kappa shape index (κ2) is 55.4. The van der Waals surface area contributed by atoms with Crippen LogP contribution in [0.2, 0.25) is 0 Å². The van der Waals surface area contributed by atoms with Crippen molar-refractivity contribution in [1.82, 2.24) is 49.9 Å². The summed E-state index contributed by atoms with van der Waals surface area (Å²) in [5, 5.41) is 57.0. The van der Waals surface area contributed by atoms with E-state index in [1.807, 2.05) is 112 Å². The summed E-state index contributed by atoms with van der Waals surface area (Å²) >= 11 is 0. The number of aliphatic hydroxyl groups is 2. The van der Waals surface area contributed by atoms with Gasteiger partial charge in [-0.25, -0.2) is 24.1 Å². The number of phenolic OH excluding ortho intramolecular Hbond substituents is 1. The van der Waals surface area contributed by atoms with Crippen molar-refractivity contribution in [2.75, 3.05) is 119 Å². The number of ether oxygens (including phenoxy) is 12. The maximum Gasteiger partial charge on any atom is 0.329 e. The molecule has 35 heteroatoms. The van der Waals surface area contributed by atoms with Gasteiger partial charge in [0.05, 0.1) is 120 Å². The molecule has 2 amide bonds. The Kier molecular flexibility index (Phi) is 43.9. The number of piperidine rings is 1. The molecule has 736 valence electrons. The van der Waals surface area contributed by atoms with E-state index in [4.69, 9.17) is 77.7 Å². The highest BCUT2D eigenvalue weighted by Gasteiger charge is 2.53. The minimum absolute atomic E-state index is 0.0180. The maximum absolute atomic E-state index is 15.3. The van der Waals surface area contributed by atoms with Crippen molar-refractivity contribution in [1.29, 1.82) is 0 Å². The molecule has 4 aromatic heterocycles. The summed E-state index contributed by atoms with van der Waals surface area (Å²) in [6.07, 6.45) is 19.1. The zero-order chi connectivity index (χ0) is 95.9. The molecule has 1 saturated carbocycles. The summed E-state index contributed by atoms with van der Waals surface area (Å²) in [5.41, 5.74) is 12.2. The number of benzene rings is 2. The van der Waals surface area contributed by atoms with Crippen LogP contribution in [0.5, 0.6) is 5.75 Å². The van der Waals surface area contributed by atoms with Gasteiger partial charge in [0.15, 0.2) is 11.4 Å². The Morgan fingerprint density at radius 2 is 1.48 bits per heavy atom. The molecule has 0 unspecified atom stereocenters. The number of fused-ring (bicyclic) bond motifs is 5. The lowest BCUT2D eigenvalue weighted by Gasteiger charge is -2.42. The van der Waals surface area contributed by atoms with Gasteiger partial charge in [-0.3, -0.25) is 28.8 Å². The zero-order valence-corrected chi connectivity index (χ0v) is 79.7. The average Bonchev–Trinajstić information content (AvgIpc) is 1.26. The summed E-state index contributed by atoms with van der Waals surface area (Å²) in [6, 6.07) is 15.1. The number of aryl methyl sites for hydroxylation is 1. The number of aromatic hydroxyl groups is 1. The number of aromatic amines is 1. The number of nitrogens with zero attached hydrogens (tertiary/aromatic N) is 9. The van der Waals surface area contributed by atoms with E-state index in [1.54, 1.807) is 57.1 Å². The van der Waals surface area contributed by atoms with Crippen molar-refractivity contribution >= 4 is 74.6 Å². The number of hydrogen-bond donors (Lipinski definition) is 6. The highest BCUT2D eigenvalue weighted by Crippen LogP contribution is 2.41. The number of nitrogen functional groups attached to an aromatic ring is 1. The quantitative estimate of drug-likeness (QED) is 0.00680. The number of carbonyl (C=O) groups excluding carboxylic acids is 7. The number of H-pyrrole nitrogens is 1. The number of anilines is 1. The number of aliphatic hydroxyl groups excluding tert-OH is 1. The first-order valence-electron chi connectivity index (χ1n) is 47.5. The highest BCUT2D eigenvalue weighted by atomic mass is 16.6. The summed E-state index contributed by atoms with van der Waals surface area (Å²) in [5.74, 6) is -7.75. The Bertz CT molecular complexity index is 4860. The van der Waals surface area contributed by atoms with Crippen molar-refractivity contribution in [2.24, 2.45) is 40.7 Å². The monoisotopic (exact) mass is 1870 g/mol. The smallest absolute Gasteiger partial charge is 0.329 e. The van der Waals surface area contributed by atoms with Crippen LogP contribution in [-0.4, -0.2) is 269 Å². The first-order chi connectivity index (χ1) is 64.7. The van der Waals surface area contributed by atoms with Gasteiger partial charge in [0, 0.05) is 115 Å². The predicted octanol–water partition coefficient (Wildman–Crippen LogP) is 11.9. The van der Waals surface area contributed by atoms with E-state index in [2.05, 4.69) is 30.6 Å². The first-order valence-corrected chi connectivity index (χ1v) is 47.5. The van der Waals surface area contributed by atoms with Crippen LogP contribution in [-0.2, 0) is 115 Å². The zero-order valence-electron chi connectivity index (χ0n) is 79.7. The number of carbonyl (C=O) groups is 7. The van der Waals surface area contributed by atoms with Crippen LogP contribution in [0, 0.1) is 35.5 Å². The van der Waals surface area contributed by atoms with Gasteiger partial charge in [0.25, 0.3) is 11.7 Å². The fraction of sp³-hybridized carbons (Fsp3) is 0.626. The van der Waals surface area contributed by atoms with Crippen molar-refractivity contribution in [3.63, 3.8) is 0 Å². The third-order valence-corrected chi connectivity index (χ3v) is 25.5. The van der Waals surface area contributed by atoms with Gasteiger partial charge in [-0.2, -0.15) is 5.10 Å². The third-order valence-electron chi connectivity index (χ3n) is 25.5. The molecule has 2 aromatic carbocycles. The molecule has 35 nitrogen and oxygen atoms in total. The molecule has 4 aliphatic rings. The number of unbranched alkanes of at least 4 members (excludes halogenated alkanes) is 2. The summed E-state index contributed by atoms with van der Waals surface area (Å²) in [4.78, 5) is 116. The number of aromatic nitrogens is 8. The molecule has 1 aliphatic carbocycles. The van der Waals surface area contributed by atoms with E-state index < -0.39 is 83.7 Å². The molecule has 7 N–H and O–H groups in total. The fourth-order valence-corrected chi connectivity index (χ4v) is 17.7. The number of allylic oxidation sites excluding steroid dienone is 6. The van der Waals surface area contributed by atoms with Crippen molar-refractivity contribution in [3.05, 3.63) is 126 Å². The van der Waals surface area contributed by atoms with Crippen LogP contribution in [0.1, 0.15) is 194 Å². The van der Waals surface area contributed by atoms with Crippen molar-refractivity contribution < 1.29 is 111 Å². The van der Waals surface area contributed by atoms with Gasteiger partial charge < -0.3 is 97.9 Å². The van der Waals surface area contributed by atoms with E-state index in [-0.39, 0.29) is 112 Å². The lowest BCUT2D eigenvalue weighted by molar-refractivity contribution is -0.265. The largest absolute Gasteiger partial charge is 0.508 e. The summed E-state index contributed by atoms with van der Waals surface area (Å²) in [6.45, 7) is 17.9. The molecule has 0 radical (unpaired) electrons. The van der Waals surface area contributed by atoms with Gasteiger partial charge in [0.2, 0.25) is 11.7 Å². The molecule has 6 aromatic rings. The topological polar surface area (TPSA) is 444 Å². The molecular formula is C99H142N12O23. The Morgan fingerprint density at radius 1 is 0.746 bits per heavy atom. The Hall–Kier alpha value is -9.89. The van der Waals surface area contributed by atoms with Gasteiger partial charge in [-0.05, 0) is 156 Å². The summed E-state index contributed by atoms with van der Waals surface area (Å²) in [7, 11) is 4.64. The Labute approximate surface area is 785 Å². The second-order valence-electron chi connectivity index (χ2n) is 35.8. The molecule has 3 fully saturated rings. The van der Waals surface area contributed by atoms with Crippen LogP contribution < -0.4 is 11.1 Å². The van der Waals surface area contributed by atoms with Gasteiger partial charge in [0.1, 0.15) is 72.6 Å². The van der Waals surface area contributed by atoms with E-state index in [1.165, 1.54) is 18.3 Å². The predicted molar refractivity (Wildman–Crippen MR) is 500 cm³/mol. The first kappa shape index (κ1) is 106. The van der Waals surface area contributed by atoms with E-state index in [0.717, 1.165) is 53.4 Å². The number of cyclic esters (lactones) is 1. The van der Waals surface area contributed by atoms with Gasteiger partial charge >= 0.3 is 11.9 Å². The van der Waals surface area contributed by atoms with Gasteiger partial charge in [-0.15, -0.1) is 5.10 Å². The lowest BCUT2D eigenvalue weighted by Crippen LogP contribution is -2.61. The molecule has 2 saturated heterocycles. The molecular weight excluding hydrogens is 1730 g/mol. The van der Waals surface area contributed by atoms with Crippen LogP contribution >= 0.6 is 0 Å². The average molecular weight is 1870 g/mol. The Balaban J connectivity index is 0.606. The minimum Gasteiger partial charge on any atom is -0.508 e. The number of hydrogen-bond acceptors (Lipinski definition) is 30. The van der Waals surface area contributed by atoms with E-state index in [9.17, 15) is 44.1 Å². The number of esters is 2. The van der Waals surface area contributed by atoms with Crippen LogP contribution in [0.15, 0.2) is 120 Å². The van der Waals surface area contributed by atoms with Crippen LogP contribution in [0.4, 0.5) is 5.82 Å². The van der Waals surface area contributed by atoms with Crippen molar-refractivity contribution in [2.45, 2.75) is 251 Å². The SMILES string of the molecule is CO[C@H]1C[C@@H]2CC[C@@H](C)[C@@](O)(O2)C(=O)C(=O)N2CCCC[C@H]2C(=O)O[C@H]([C@H](C)C[C@@H]2CC[C@H](n3cc(COC(=O)CCCOCCOCCOCCC(=O)NCCOCCOCCOCCC(=O)CCCCCn4nc(-c5cc6cc(O)ccc6[nH]5)c5c(N)ncnc54)nn3)[C@H](OC)C2)C/C(=N/OCc2ccccc2)[C@H](C)/C=C(\C)[C@@H](O)[C@@H](OC)C(=O)[C@H](C)C[C@H](C)/C=C/C=C/C=C/1C. The third kappa shape index (κ3) is 32.4. The number of Topliss-reactive ketones (excluding diaryl/α,β-unsaturated/α-hetero) is 3. The highest BCUT2D eigenvalue weighted by molar-refractivity contribution is 6.39. The molecule has 7 heterocycles. The minimum atomic E-state index is -2.49. The maximum atomic E-state index is 15.3.